The summed E-state index contributed by atoms with van der Waals surface area (Å²) in [5.74, 6) is 0.0493. The molecule has 1 rings (SSSR count). The van der Waals surface area contributed by atoms with Gasteiger partial charge in [-0.3, -0.25) is 4.79 Å². The first-order valence-electron chi connectivity index (χ1n) is 5.32. The maximum absolute atomic E-state index is 11.5. The summed E-state index contributed by atoms with van der Waals surface area (Å²) in [5, 5.41) is 0. The highest BCUT2D eigenvalue weighted by Crippen LogP contribution is 2.12. The lowest BCUT2D eigenvalue weighted by molar-refractivity contribution is -0.121. The number of hydrogen-bond acceptors (Lipinski definition) is 4. The Hall–Kier alpha value is -1.20. The lowest BCUT2D eigenvalue weighted by Gasteiger charge is -2.03. The molecule has 0 heterocycles. The molecule has 0 N–H and O–H groups in total. The third-order valence-electron chi connectivity index (χ3n) is 2.37. The third-order valence-corrected chi connectivity index (χ3v) is 4.12. The van der Waals surface area contributed by atoms with Crippen LogP contribution in [0.3, 0.4) is 0 Å². The van der Waals surface area contributed by atoms with Gasteiger partial charge in [-0.2, -0.15) is 0 Å². The van der Waals surface area contributed by atoms with Crippen LogP contribution in [0.15, 0.2) is 29.2 Å². The number of sulfone groups is 1. The van der Waals surface area contributed by atoms with E-state index in [2.05, 4.69) is 0 Å². The van der Waals surface area contributed by atoms with Gasteiger partial charge in [-0.15, -0.1) is 0 Å². The zero-order valence-electron chi connectivity index (χ0n) is 9.97. The van der Waals surface area contributed by atoms with Gasteiger partial charge in [0.25, 0.3) is 0 Å². The number of ketones is 1. The van der Waals surface area contributed by atoms with Crippen LogP contribution >= 0.6 is 0 Å². The van der Waals surface area contributed by atoms with E-state index in [9.17, 15) is 13.2 Å². The molecule has 1 aromatic carbocycles. The number of methoxy groups -OCH3 is 1. The molecule has 0 saturated carbocycles. The Balaban J connectivity index is 2.79. The van der Waals surface area contributed by atoms with Crippen molar-refractivity contribution in [2.24, 2.45) is 0 Å². The summed E-state index contributed by atoms with van der Waals surface area (Å²) >= 11 is 0. The molecule has 0 spiro atoms. The number of hydrogen-bond donors (Lipinski definition) is 0. The minimum atomic E-state index is -3.16. The van der Waals surface area contributed by atoms with Gasteiger partial charge in [0, 0.05) is 13.5 Å². The van der Waals surface area contributed by atoms with Crippen molar-refractivity contribution in [3.63, 3.8) is 0 Å². The fraction of sp³-hybridized carbons (Fsp3) is 0.417. The Morgan fingerprint density at radius 3 is 2.29 bits per heavy atom. The minimum absolute atomic E-state index is 0.0291. The lowest BCUT2D eigenvalue weighted by Crippen LogP contribution is -2.10. The Bertz CT molecular complexity index is 474. The van der Waals surface area contributed by atoms with Gasteiger partial charge in [-0.1, -0.05) is 19.1 Å². The van der Waals surface area contributed by atoms with Crippen molar-refractivity contribution in [1.29, 1.82) is 0 Å². The first-order chi connectivity index (χ1) is 7.99. The number of carbonyl (C=O) groups is 1. The van der Waals surface area contributed by atoms with Crippen LogP contribution in [0.5, 0.6) is 0 Å². The second kappa shape index (κ2) is 5.93. The van der Waals surface area contributed by atoms with Crippen molar-refractivity contribution in [2.45, 2.75) is 18.2 Å². The Kier molecular flexibility index (Phi) is 4.84. The molecule has 0 atom stereocenters. The van der Waals surface area contributed by atoms with Gasteiger partial charge in [0.15, 0.2) is 15.6 Å². The molecule has 0 aliphatic carbocycles. The minimum Gasteiger partial charge on any atom is -0.377 e. The predicted molar refractivity (Wildman–Crippen MR) is 64.8 cm³/mol. The fourth-order valence-corrected chi connectivity index (χ4v) is 2.31. The molecule has 0 bridgehead atoms. The highest BCUT2D eigenvalue weighted by Gasteiger charge is 2.11. The first-order valence-corrected chi connectivity index (χ1v) is 6.97. The topological polar surface area (TPSA) is 60.4 Å². The van der Waals surface area contributed by atoms with Crippen LogP contribution < -0.4 is 0 Å². The molecule has 17 heavy (non-hydrogen) atoms. The van der Waals surface area contributed by atoms with Crippen molar-refractivity contribution >= 4 is 15.6 Å². The van der Waals surface area contributed by atoms with Crippen LogP contribution in [0, 0.1) is 0 Å². The zero-order chi connectivity index (χ0) is 12.9. The molecule has 0 saturated heterocycles. The van der Waals surface area contributed by atoms with Crippen molar-refractivity contribution in [3.8, 4) is 0 Å². The van der Waals surface area contributed by atoms with E-state index in [0.29, 0.717) is 4.90 Å². The normalized spacial score (nSPS) is 11.4. The predicted octanol–water partition coefficient (Wildman–Crippen LogP) is 1.24. The zero-order valence-corrected chi connectivity index (χ0v) is 10.8. The van der Waals surface area contributed by atoms with E-state index in [0.717, 1.165) is 5.56 Å². The molecule has 0 aromatic heterocycles. The Morgan fingerprint density at radius 2 is 1.82 bits per heavy atom. The monoisotopic (exact) mass is 256 g/mol. The molecule has 94 valence electrons. The van der Waals surface area contributed by atoms with Gasteiger partial charge in [-0.25, -0.2) is 8.42 Å². The van der Waals surface area contributed by atoms with Gasteiger partial charge in [0.1, 0.15) is 6.61 Å². The van der Waals surface area contributed by atoms with Crippen molar-refractivity contribution < 1.29 is 17.9 Å². The van der Waals surface area contributed by atoms with Crippen LogP contribution in [0.1, 0.15) is 12.5 Å². The largest absolute Gasteiger partial charge is 0.377 e. The van der Waals surface area contributed by atoms with Crippen molar-refractivity contribution in [3.05, 3.63) is 29.8 Å². The second-order valence-corrected chi connectivity index (χ2v) is 5.97. The molecule has 4 nitrogen and oxygen atoms in total. The summed E-state index contributed by atoms with van der Waals surface area (Å²) < 4.78 is 27.8. The van der Waals surface area contributed by atoms with Crippen LogP contribution in [-0.4, -0.2) is 33.7 Å². The number of rotatable bonds is 6. The van der Waals surface area contributed by atoms with Gasteiger partial charge < -0.3 is 4.74 Å². The Labute approximate surface area is 102 Å². The molecule has 5 heteroatoms. The fourth-order valence-electron chi connectivity index (χ4n) is 1.42. The molecule has 0 amide bonds. The van der Waals surface area contributed by atoms with Crippen LogP contribution in [0.2, 0.25) is 0 Å². The van der Waals surface area contributed by atoms with Crippen molar-refractivity contribution in [2.75, 3.05) is 19.5 Å². The number of benzene rings is 1. The summed E-state index contributed by atoms with van der Waals surface area (Å²) in [4.78, 5) is 11.6. The first kappa shape index (κ1) is 13.9. The van der Waals surface area contributed by atoms with E-state index >= 15 is 0 Å². The Morgan fingerprint density at radius 1 is 1.24 bits per heavy atom. The number of Topliss-reactive ketones (excluding diaryl/α,β-unsaturated/α-hetero) is 1. The third kappa shape index (κ3) is 3.94. The molecular weight excluding hydrogens is 240 g/mol. The van der Waals surface area contributed by atoms with Crippen molar-refractivity contribution in [1.82, 2.24) is 0 Å². The molecular formula is C12H16O4S. The summed E-state index contributed by atoms with van der Waals surface area (Å²) in [5.41, 5.74) is 0.794. The maximum Gasteiger partial charge on any atom is 0.178 e. The number of carbonyl (C=O) groups excluding carboxylic acids is 1. The van der Waals surface area contributed by atoms with E-state index in [1.165, 1.54) is 19.2 Å². The lowest BCUT2D eigenvalue weighted by atomic mass is 10.1. The standard InChI is InChI=1S/C12H16O4S/c1-3-17(14,15)12-6-4-10(5-7-12)8-11(13)9-16-2/h4-7H,3,8-9H2,1-2H3. The summed E-state index contributed by atoms with van der Waals surface area (Å²) in [7, 11) is -1.70. The molecule has 1 aromatic rings. The highest BCUT2D eigenvalue weighted by molar-refractivity contribution is 7.91. The van der Waals surface area contributed by atoms with E-state index in [-0.39, 0.29) is 24.6 Å². The van der Waals surface area contributed by atoms with Gasteiger partial charge in [0.2, 0.25) is 0 Å². The summed E-state index contributed by atoms with van der Waals surface area (Å²) in [6.07, 6.45) is 0.264. The van der Waals surface area contributed by atoms with Gasteiger partial charge in [-0.05, 0) is 17.7 Å². The maximum atomic E-state index is 11.5. The smallest absolute Gasteiger partial charge is 0.178 e. The summed E-state index contributed by atoms with van der Waals surface area (Å²) in [6.45, 7) is 1.68. The van der Waals surface area contributed by atoms with E-state index in [4.69, 9.17) is 4.74 Å². The second-order valence-electron chi connectivity index (χ2n) is 3.70. The quantitative estimate of drug-likeness (QED) is 0.768. The summed E-state index contributed by atoms with van der Waals surface area (Å²) in [6, 6.07) is 6.40. The average Bonchev–Trinajstić information content (AvgIpc) is 2.30. The van der Waals surface area contributed by atoms with Crippen LogP contribution in [0.4, 0.5) is 0 Å². The van der Waals surface area contributed by atoms with E-state index < -0.39 is 9.84 Å². The molecule has 0 radical (unpaired) electrons. The van der Waals surface area contributed by atoms with Crippen LogP contribution in [0.25, 0.3) is 0 Å². The van der Waals surface area contributed by atoms with E-state index in [1.54, 1.807) is 19.1 Å². The van der Waals surface area contributed by atoms with E-state index in [1.807, 2.05) is 0 Å². The molecule has 0 aliphatic rings. The average molecular weight is 256 g/mol. The SMILES string of the molecule is CCS(=O)(=O)c1ccc(CC(=O)COC)cc1. The number of ether oxygens (including phenoxy) is 1. The van der Waals surface area contributed by atoms with Crippen LogP contribution in [-0.2, 0) is 25.8 Å². The van der Waals surface area contributed by atoms with Gasteiger partial charge in [0.05, 0.1) is 10.6 Å². The highest BCUT2D eigenvalue weighted by atomic mass is 32.2. The molecule has 0 aliphatic heterocycles. The molecule has 0 unspecified atom stereocenters. The molecule has 0 fully saturated rings. The van der Waals surface area contributed by atoms with Gasteiger partial charge >= 0.3 is 0 Å².